The summed E-state index contributed by atoms with van der Waals surface area (Å²) >= 11 is 0. The van der Waals surface area contributed by atoms with E-state index in [2.05, 4.69) is 10.4 Å². The van der Waals surface area contributed by atoms with Crippen molar-refractivity contribution in [1.29, 1.82) is 0 Å². The minimum absolute atomic E-state index is 0.0953. The van der Waals surface area contributed by atoms with Crippen LogP contribution in [0.1, 0.15) is 0 Å². The van der Waals surface area contributed by atoms with Gasteiger partial charge in [0.25, 0.3) is 0 Å². The molecule has 0 aliphatic carbocycles. The number of aromatic nitrogens is 2. The van der Waals surface area contributed by atoms with Gasteiger partial charge in [0.2, 0.25) is 5.91 Å². The summed E-state index contributed by atoms with van der Waals surface area (Å²) < 4.78 is 1.45. The number of rotatable bonds is 3. The fraction of sp³-hybridized carbons (Fsp3) is 0.0909. The SMILES string of the molecule is Nc1cnn(CC(=O)Nc2ccc(O)cc2)c1. The first-order chi connectivity index (χ1) is 8.13. The molecule has 0 unspecified atom stereocenters. The summed E-state index contributed by atoms with van der Waals surface area (Å²) in [6.07, 6.45) is 3.06. The van der Waals surface area contributed by atoms with E-state index in [0.717, 1.165) is 0 Å². The van der Waals surface area contributed by atoms with Crippen LogP contribution in [0.25, 0.3) is 0 Å². The van der Waals surface area contributed by atoms with E-state index in [1.807, 2.05) is 0 Å². The Morgan fingerprint density at radius 3 is 2.71 bits per heavy atom. The zero-order chi connectivity index (χ0) is 12.3. The molecule has 2 rings (SSSR count). The minimum Gasteiger partial charge on any atom is -0.508 e. The molecule has 17 heavy (non-hydrogen) atoms. The Hall–Kier alpha value is -2.50. The summed E-state index contributed by atoms with van der Waals surface area (Å²) in [5.41, 5.74) is 6.62. The maximum absolute atomic E-state index is 11.6. The van der Waals surface area contributed by atoms with Gasteiger partial charge >= 0.3 is 0 Å². The van der Waals surface area contributed by atoms with Crippen LogP contribution in [0, 0.1) is 0 Å². The van der Waals surface area contributed by atoms with E-state index >= 15 is 0 Å². The molecule has 6 heteroatoms. The molecule has 1 heterocycles. The second kappa shape index (κ2) is 4.56. The molecule has 1 aromatic carbocycles. The number of carbonyl (C=O) groups is 1. The van der Waals surface area contributed by atoms with Gasteiger partial charge in [-0.25, -0.2) is 0 Å². The lowest BCUT2D eigenvalue weighted by Crippen LogP contribution is -2.18. The highest BCUT2D eigenvalue weighted by molar-refractivity contribution is 5.90. The predicted molar refractivity (Wildman–Crippen MR) is 63.4 cm³/mol. The van der Waals surface area contributed by atoms with Crippen LogP contribution in [0.4, 0.5) is 11.4 Å². The summed E-state index contributed by atoms with van der Waals surface area (Å²) in [7, 11) is 0. The lowest BCUT2D eigenvalue weighted by atomic mass is 10.3. The molecule has 88 valence electrons. The highest BCUT2D eigenvalue weighted by atomic mass is 16.3. The van der Waals surface area contributed by atoms with Gasteiger partial charge in [0.05, 0.1) is 11.9 Å². The molecular formula is C11H12N4O2. The van der Waals surface area contributed by atoms with E-state index in [1.54, 1.807) is 18.3 Å². The normalized spacial score (nSPS) is 10.1. The first kappa shape index (κ1) is 11.0. The quantitative estimate of drug-likeness (QED) is 0.683. The van der Waals surface area contributed by atoms with Crippen molar-refractivity contribution in [3.63, 3.8) is 0 Å². The van der Waals surface area contributed by atoms with Gasteiger partial charge in [-0.2, -0.15) is 5.10 Å². The number of nitrogens with two attached hydrogens (primary N) is 1. The van der Waals surface area contributed by atoms with Gasteiger partial charge < -0.3 is 16.2 Å². The Labute approximate surface area is 97.7 Å². The largest absolute Gasteiger partial charge is 0.508 e. The molecule has 0 fully saturated rings. The van der Waals surface area contributed by atoms with Crippen LogP contribution in [0.2, 0.25) is 0 Å². The number of aromatic hydroxyl groups is 1. The van der Waals surface area contributed by atoms with Crippen molar-refractivity contribution >= 4 is 17.3 Å². The second-order valence-electron chi connectivity index (χ2n) is 3.57. The highest BCUT2D eigenvalue weighted by Gasteiger charge is 2.04. The van der Waals surface area contributed by atoms with Crippen LogP contribution in [0.3, 0.4) is 0 Å². The molecule has 0 aliphatic rings. The summed E-state index contributed by atoms with van der Waals surface area (Å²) in [5.74, 6) is -0.0540. The van der Waals surface area contributed by atoms with E-state index in [9.17, 15) is 4.79 Å². The van der Waals surface area contributed by atoms with E-state index < -0.39 is 0 Å². The van der Waals surface area contributed by atoms with Gasteiger partial charge in [-0.1, -0.05) is 0 Å². The Morgan fingerprint density at radius 1 is 1.41 bits per heavy atom. The third-order valence-corrected chi connectivity index (χ3v) is 2.11. The van der Waals surface area contributed by atoms with Crippen LogP contribution < -0.4 is 11.1 Å². The van der Waals surface area contributed by atoms with Crippen molar-refractivity contribution < 1.29 is 9.90 Å². The summed E-state index contributed by atoms with van der Waals surface area (Å²) in [6, 6.07) is 6.23. The third-order valence-electron chi connectivity index (χ3n) is 2.11. The van der Waals surface area contributed by atoms with Crippen molar-refractivity contribution in [1.82, 2.24) is 9.78 Å². The number of amides is 1. The van der Waals surface area contributed by atoms with Gasteiger partial charge in [-0.05, 0) is 24.3 Å². The molecular weight excluding hydrogens is 220 g/mol. The number of nitrogen functional groups attached to an aromatic ring is 1. The van der Waals surface area contributed by atoms with Gasteiger partial charge in [0.1, 0.15) is 12.3 Å². The van der Waals surface area contributed by atoms with Crippen molar-refractivity contribution in [3.05, 3.63) is 36.7 Å². The average Bonchev–Trinajstić information content (AvgIpc) is 2.67. The lowest BCUT2D eigenvalue weighted by molar-refractivity contribution is -0.116. The third kappa shape index (κ3) is 2.97. The predicted octanol–water partition coefficient (Wildman–Crippen LogP) is 0.810. The molecule has 0 bridgehead atoms. The molecule has 4 N–H and O–H groups in total. The molecule has 0 saturated heterocycles. The molecule has 0 saturated carbocycles. The highest BCUT2D eigenvalue weighted by Crippen LogP contribution is 2.13. The minimum atomic E-state index is -0.209. The van der Waals surface area contributed by atoms with Crippen LogP contribution >= 0.6 is 0 Å². The van der Waals surface area contributed by atoms with Crippen molar-refractivity contribution in [2.45, 2.75) is 6.54 Å². The number of benzene rings is 1. The summed E-state index contributed by atoms with van der Waals surface area (Å²) in [4.78, 5) is 11.6. The Kier molecular flexibility index (Phi) is 2.95. The monoisotopic (exact) mass is 232 g/mol. The number of anilines is 2. The zero-order valence-electron chi connectivity index (χ0n) is 9.00. The molecule has 6 nitrogen and oxygen atoms in total. The molecule has 1 aromatic heterocycles. The van der Waals surface area contributed by atoms with Crippen LogP contribution in [0.5, 0.6) is 5.75 Å². The maximum Gasteiger partial charge on any atom is 0.246 e. The van der Waals surface area contributed by atoms with Crippen molar-refractivity contribution in [2.24, 2.45) is 0 Å². The van der Waals surface area contributed by atoms with Gasteiger partial charge in [0.15, 0.2) is 0 Å². The van der Waals surface area contributed by atoms with Crippen LogP contribution in [-0.4, -0.2) is 20.8 Å². The Bertz CT molecular complexity index is 519. The topological polar surface area (TPSA) is 93.2 Å². The van der Waals surface area contributed by atoms with Gasteiger partial charge in [-0.3, -0.25) is 9.48 Å². The number of phenols is 1. The number of nitrogens with zero attached hydrogens (tertiary/aromatic N) is 2. The van der Waals surface area contributed by atoms with Crippen LogP contribution in [0.15, 0.2) is 36.7 Å². The number of nitrogens with one attached hydrogen (secondary N) is 1. The Balaban J connectivity index is 1.95. The van der Waals surface area contributed by atoms with Gasteiger partial charge in [-0.15, -0.1) is 0 Å². The van der Waals surface area contributed by atoms with E-state index in [-0.39, 0.29) is 18.2 Å². The fourth-order valence-electron chi connectivity index (χ4n) is 1.36. The number of hydrogen-bond donors (Lipinski definition) is 3. The standard InChI is InChI=1S/C11H12N4O2/c12-8-5-13-15(6-8)7-11(17)14-9-1-3-10(16)4-2-9/h1-6,16H,7,12H2,(H,14,17). The molecule has 2 aromatic rings. The first-order valence-electron chi connectivity index (χ1n) is 5.00. The summed E-state index contributed by atoms with van der Waals surface area (Å²) in [6.45, 7) is 0.0953. The molecule has 0 aliphatic heterocycles. The maximum atomic E-state index is 11.6. The number of carbonyl (C=O) groups excluding carboxylic acids is 1. The second-order valence-corrected chi connectivity index (χ2v) is 3.57. The van der Waals surface area contributed by atoms with Crippen LogP contribution in [-0.2, 0) is 11.3 Å². The lowest BCUT2D eigenvalue weighted by Gasteiger charge is -2.05. The van der Waals surface area contributed by atoms with Gasteiger partial charge in [0, 0.05) is 11.9 Å². The number of phenolic OH excluding ortho intramolecular Hbond substituents is 1. The van der Waals surface area contributed by atoms with E-state index in [0.29, 0.717) is 11.4 Å². The average molecular weight is 232 g/mol. The van der Waals surface area contributed by atoms with E-state index in [1.165, 1.54) is 23.0 Å². The van der Waals surface area contributed by atoms with E-state index in [4.69, 9.17) is 10.8 Å². The number of hydrogen-bond acceptors (Lipinski definition) is 4. The first-order valence-corrected chi connectivity index (χ1v) is 5.00. The molecule has 1 amide bonds. The molecule has 0 spiro atoms. The molecule has 0 radical (unpaired) electrons. The zero-order valence-corrected chi connectivity index (χ0v) is 9.00. The van der Waals surface area contributed by atoms with Crippen molar-refractivity contribution in [2.75, 3.05) is 11.1 Å². The Morgan fingerprint density at radius 2 is 2.12 bits per heavy atom. The van der Waals surface area contributed by atoms with Crippen molar-refractivity contribution in [3.8, 4) is 5.75 Å². The molecule has 0 atom stereocenters. The fourth-order valence-corrected chi connectivity index (χ4v) is 1.36. The smallest absolute Gasteiger partial charge is 0.246 e. The summed E-state index contributed by atoms with van der Waals surface area (Å²) in [5, 5.41) is 15.7.